The molecule has 0 fully saturated rings. The lowest BCUT2D eigenvalue weighted by atomic mass is 9.80. The SMILES string of the molecule is COC(=O)C(CC1=[N+]([O-])OC(C)(C)CC1c1ccccc1)C(=O)OC. The Balaban J connectivity index is 2.42. The Labute approximate surface area is 146 Å². The minimum Gasteiger partial charge on any atom is -0.468 e. The summed E-state index contributed by atoms with van der Waals surface area (Å²) in [6.45, 7) is 3.64. The molecule has 1 aromatic rings. The van der Waals surface area contributed by atoms with Crippen molar-refractivity contribution < 1.29 is 28.8 Å². The molecule has 0 spiro atoms. The molecule has 2 rings (SSSR count). The number of carbonyl (C=O) groups excluding carboxylic acids is 2. The zero-order valence-corrected chi connectivity index (χ0v) is 14.9. The Hall–Kier alpha value is -2.57. The second kappa shape index (κ2) is 7.55. The number of nitrogens with zero attached hydrogens (tertiary/aromatic N) is 1. The van der Waals surface area contributed by atoms with E-state index in [-0.39, 0.29) is 12.3 Å². The molecule has 7 nitrogen and oxygen atoms in total. The van der Waals surface area contributed by atoms with Gasteiger partial charge < -0.3 is 14.3 Å². The lowest BCUT2D eigenvalue weighted by molar-refractivity contribution is -0.770. The Morgan fingerprint density at radius 2 is 1.80 bits per heavy atom. The molecule has 1 aliphatic rings. The van der Waals surface area contributed by atoms with Crippen LogP contribution in [0.5, 0.6) is 0 Å². The number of hydrogen-bond donors (Lipinski definition) is 0. The molecule has 25 heavy (non-hydrogen) atoms. The van der Waals surface area contributed by atoms with Crippen molar-refractivity contribution in [3.05, 3.63) is 41.1 Å². The van der Waals surface area contributed by atoms with E-state index in [2.05, 4.69) is 9.47 Å². The summed E-state index contributed by atoms with van der Waals surface area (Å²) in [5, 5.41) is 12.5. The van der Waals surface area contributed by atoms with Gasteiger partial charge in [-0.1, -0.05) is 30.3 Å². The van der Waals surface area contributed by atoms with Crippen molar-refractivity contribution in [3.8, 4) is 0 Å². The van der Waals surface area contributed by atoms with E-state index in [0.717, 1.165) is 5.56 Å². The molecule has 1 aromatic carbocycles. The van der Waals surface area contributed by atoms with E-state index in [9.17, 15) is 14.8 Å². The molecule has 0 amide bonds. The Morgan fingerprint density at radius 3 is 2.32 bits per heavy atom. The predicted molar refractivity (Wildman–Crippen MR) is 89.7 cm³/mol. The van der Waals surface area contributed by atoms with Crippen LogP contribution >= 0.6 is 0 Å². The smallest absolute Gasteiger partial charge is 0.320 e. The average molecular weight is 349 g/mol. The van der Waals surface area contributed by atoms with Crippen molar-refractivity contribution in [1.29, 1.82) is 0 Å². The van der Waals surface area contributed by atoms with Crippen LogP contribution in [0.2, 0.25) is 0 Å². The summed E-state index contributed by atoms with van der Waals surface area (Å²) in [5.74, 6) is -2.98. The zero-order chi connectivity index (χ0) is 18.6. The monoisotopic (exact) mass is 349 g/mol. The molecule has 0 aromatic heterocycles. The topological polar surface area (TPSA) is 87.9 Å². The first-order valence-electron chi connectivity index (χ1n) is 8.01. The van der Waals surface area contributed by atoms with Gasteiger partial charge in [0.25, 0.3) is 0 Å². The van der Waals surface area contributed by atoms with Gasteiger partial charge in [0.1, 0.15) is 0 Å². The summed E-state index contributed by atoms with van der Waals surface area (Å²) in [6, 6.07) is 9.45. The van der Waals surface area contributed by atoms with Gasteiger partial charge in [0.15, 0.2) is 5.92 Å². The maximum absolute atomic E-state index is 12.5. The highest BCUT2D eigenvalue weighted by Crippen LogP contribution is 2.35. The van der Waals surface area contributed by atoms with Gasteiger partial charge in [0, 0.05) is 4.90 Å². The zero-order valence-electron chi connectivity index (χ0n) is 14.9. The summed E-state index contributed by atoms with van der Waals surface area (Å²) < 4.78 is 9.36. The minimum absolute atomic E-state index is 0.127. The van der Waals surface area contributed by atoms with Crippen molar-refractivity contribution in [2.45, 2.75) is 38.2 Å². The van der Waals surface area contributed by atoms with Crippen LogP contribution in [-0.4, -0.2) is 42.4 Å². The fraction of sp³-hybridized carbons (Fsp3) is 0.500. The van der Waals surface area contributed by atoms with E-state index < -0.39 is 23.5 Å². The number of rotatable bonds is 5. The van der Waals surface area contributed by atoms with E-state index in [1.54, 1.807) is 0 Å². The molecule has 0 bridgehead atoms. The predicted octanol–water partition coefficient (Wildman–Crippen LogP) is 2.19. The maximum atomic E-state index is 12.5. The van der Waals surface area contributed by atoms with Gasteiger partial charge in [-0.25, -0.2) is 0 Å². The molecule has 1 heterocycles. The highest BCUT2D eigenvalue weighted by molar-refractivity contribution is 6.00. The third-order valence-corrected chi connectivity index (χ3v) is 4.25. The van der Waals surface area contributed by atoms with Gasteiger partial charge in [-0.3, -0.25) is 14.8 Å². The van der Waals surface area contributed by atoms with Crippen molar-refractivity contribution in [2.75, 3.05) is 14.2 Å². The number of benzene rings is 1. The second-order valence-corrected chi connectivity index (χ2v) is 6.57. The summed E-state index contributed by atoms with van der Waals surface area (Å²) in [5.41, 5.74) is 0.548. The summed E-state index contributed by atoms with van der Waals surface area (Å²) in [6.07, 6.45) is 0.415. The number of esters is 2. The van der Waals surface area contributed by atoms with Crippen molar-refractivity contribution in [2.24, 2.45) is 5.92 Å². The highest BCUT2D eigenvalue weighted by Gasteiger charge is 2.43. The van der Waals surface area contributed by atoms with Crippen LogP contribution in [0.4, 0.5) is 0 Å². The lowest BCUT2D eigenvalue weighted by Crippen LogP contribution is -2.43. The quantitative estimate of drug-likeness (QED) is 0.460. The third-order valence-electron chi connectivity index (χ3n) is 4.25. The molecule has 0 saturated heterocycles. The van der Waals surface area contributed by atoms with E-state index in [1.807, 2.05) is 44.2 Å². The molecular weight excluding hydrogens is 326 g/mol. The Kier molecular flexibility index (Phi) is 5.66. The van der Waals surface area contributed by atoms with E-state index >= 15 is 0 Å². The third kappa shape index (κ3) is 4.29. The molecule has 1 aliphatic heterocycles. The van der Waals surface area contributed by atoms with E-state index in [0.29, 0.717) is 17.0 Å². The summed E-state index contributed by atoms with van der Waals surface area (Å²) in [4.78, 5) is 29.8. The van der Waals surface area contributed by atoms with Gasteiger partial charge in [0.2, 0.25) is 5.71 Å². The average Bonchev–Trinajstić information content (AvgIpc) is 2.59. The van der Waals surface area contributed by atoms with Crippen LogP contribution in [0, 0.1) is 11.1 Å². The maximum Gasteiger partial charge on any atom is 0.320 e. The van der Waals surface area contributed by atoms with Crippen LogP contribution in [0.25, 0.3) is 0 Å². The standard InChI is InChI=1S/C18H23NO6/c1-18(2)11-14(12-8-6-5-7-9-12)15(19(22)25-18)10-13(16(20)23-3)17(21)24-4/h5-9,13-14H,10-11H2,1-4H3. The highest BCUT2D eigenvalue weighted by atomic mass is 16.9. The molecule has 136 valence electrons. The van der Waals surface area contributed by atoms with Crippen LogP contribution in [-0.2, 0) is 23.9 Å². The summed E-state index contributed by atoms with van der Waals surface area (Å²) >= 11 is 0. The first-order valence-corrected chi connectivity index (χ1v) is 8.01. The molecule has 0 radical (unpaired) electrons. The number of ether oxygens (including phenoxy) is 2. The minimum atomic E-state index is -1.21. The molecule has 7 heteroatoms. The summed E-state index contributed by atoms with van der Waals surface area (Å²) in [7, 11) is 2.38. The van der Waals surface area contributed by atoms with E-state index in [1.165, 1.54) is 14.2 Å². The Morgan fingerprint density at radius 1 is 1.24 bits per heavy atom. The van der Waals surface area contributed by atoms with Crippen LogP contribution in [0.3, 0.4) is 0 Å². The normalized spacial score (nSPS) is 19.3. The van der Waals surface area contributed by atoms with Gasteiger partial charge in [-0.05, 0) is 25.8 Å². The van der Waals surface area contributed by atoms with Crippen LogP contribution < -0.4 is 0 Å². The van der Waals surface area contributed by atoms with Gasteiger partial charge in [-0.15, -0.1) is 0 Å². The molecule has 1 unspecified atom stereocenters. The van der Waals surface area contributed by atoms with Crippen molar-refractivity contribution in [3.63, 3.8) is 0 Å². The van der Waals surface area contributed by atoms with Crippen molar-refractivity contribution >= 4 is 17.7 Å². The molecule has 1 atom stereocenters. The van der Waals surface area contributed by atoms with Crippen LogP contribution in [0.1, 0.15) is 38.2 Å². The van der Waals surface area contributed by atoms with E-state index in [4.69, 9.17) is 4.84 Å². The first kappa shape index (κ1) is 18.8. The number of carbonyl (C=O) groups is 2. The van der Waals surface area contributed by atoms with Gasteiger partial charge in [-0.2, -0.15) is 0 Å². The van der Waals surface area contributed by atoms with Gasteiger partial charge in [0.05, 0.1) is 32.2 Å². The fourth-order valence-electron chi connectivity index (χ4n) is 3.03. The number of hydrogen-bond acceptors (Lipinski definition) is 6. The Bertz CT molecular complexity index is 651. The van der Waals surface area contributed by atoms with Crippen LogP contribution in [0.15, 0.2) is 30.3 Å². The largest absolute Gasteiger partial charge is 0.468 e. The molecule has 0 aliphatic carbocycles. The molecular formula is C18H23NO6. The second-order valence-electron chi connectivity index (χ2n) is 6.57. The first-order chi connectivity index (χ1) is 11.8. The fourth-order valence-corrected chi connectivity index (χ4v) is 3.03. The van der Waals surface area contributed by atoms with Gasteiger partial charge >= 0.3 is 11.9 Å². The molecule has 0 N–H and O–H groups in total. The lowest BCUT2D eigenvalue weighted by Gasteiger charge is -2.36. The molecule has 0 saturated carbocycles. The number of methoxy groups -OCH3 is 2. The van der Waals surface area contributed by atoms with Crippen molar-refractivity contribution in [1.82, 2.24) is 0 Å².